The fourth-order valence-electron chi connectivity index (χ4n) is 1.14. The number of sulfonamides is 1. The molecule has 1 N–H and O–H groups in total. The van der Waals surface area contributed by atoms with Crippen LogP contribution in [0.15, 0.2) is 28.5 Å². The molecule has 2 aromatic heterocycles. The summed E-state index contributed by atoms with van der Waals surface area (Å²) in [6.45, 7) is 0. The molecule has 0 unspecified atom stereocenters. The molecule has 0 aliphatic rings. The Kier molecular flexibility index (Phi) is 3.37. The highest BCUT2D eigenvalue weighted by Crippen LogP contribution is 2.36. The lowest BCUT2D eigenvalue weighted by Crippen LogP contribution is -2.17. The lowest BCUT2D eigenvalue weighted by molar-refractivity contribution is 0.590. The van der Waals surface area contributed by atoms with Crippen LogP contribution in [0.2, 0.25) is 4.34 Å². The molecule has 3 nitrogen and oxygen atoms in total. The van der Waals surface area contributed by atoms with Gasteiger partial charge >= 0.3 is 0 Å². The van der Waals surface area contributed by atoms with Gasteiger partial charge in [0.25, 0.3) is 0 Å². The molecule has 0 radical (unpaired) electrons. The highest BCUT2D eigenvalue weighted by molar-refractivity contribution is 7.91. The van der Waals surface area contributed by atoms with Gasteiger partial charge in [-0.1, -0.05) is 11.6 Å². The monoisotopic (exact) mass is 293 g/mol. The lowest BCUT2D eigenvalue weighted by atomic mass is 10.4. The molecule has 0 aromatic carbocycles. The second-order valence-electron chi connectivity index (χ2n) is 2.93. The zero-order valence-corrected chi connectivity index (χ0v) is 11.4. The quantitative estimate of drug-likeness (QED) is 0.945. The van der Waals surface area contributed by atoms with Crippen LogP contribution < -0.4 is 4.72 Å². The van der Waals surface area contributed by atoms with Crippen molar-refractivity contribution in [2.75, 3.05) is 7.05 Å². The largest absolute Gasteiger partial charge is 0.249 e. The van der Waals surface area contributed by atoms with E-state index in [2.05, 4.69) is 4.72 Å². The van der Waals surface area contributed by atoms with Gasteiger partial charge in [-0.3, -0.25) is 0 Å². The van der Waals surface area contributed by atoms with Crippen LogP contribution in [0.1, 0.15) is 0 Å². The second-order valence-corrected chi connectivity index (χ2v) is 7.84. The lowest BCUT2D eigenvalue weighted by Gasteiger charge is -1.96. The van der Waals surface area contributed by atoms with E-state index < -0.39 is 10.0 Å². The van der Waals surface area contributed by atoms with Crippen LogP contribution in [0, 0.1) is 0 Å². The van der Waals surface area contributed by atoms with E-state index in [4.69, 9.17) is 11.6 Å². The van der Waals surface area contributed by atoms with Gasteiger partial charge in [-0.15, -0.1) is 22.7 Å². The number of hydrogen-bond acceptors (Lipinski definition) is 4. The van der Waals surface area contributed by atoms with E-state index in [1.54, 1.807) is 18.2 Å². The molecular weight excluding hydrogens is 286 g/mol. The van der Waals surface area contributed by atoms with Crippen molar-refractivity contribution in [1.29, 1.82) is 0 Å². The van der Waals surface area contributed by atoms with E-state index in [0.29, 0.717) is 8.55 Å². The van der Waals surface area contributed by atoms with Crippen LogP contribution in [0.5, 0.6) is 0 Å². The second kappa shape index (κ2) is 4.46. The summed E-state index contributed by atoms with van der Waals surface area (Å²) in [4.78, 5) is 1.89. The van der Waals surface area contributed by atoms with Crippen LogP contribution in [0.4, 0.5) is 0 Å². The Labute approximate surface area is 107 Å². The van der Waals surface area contributed by atoms with Crippen LogP contribution in [-0.2, 0) is 10.0 Å². The molecule has 16 heavy (non-hydrogen) atoms. The Bertz CT molecular complexity index is 600. The summed E-state index contributed by atoms with van der Waals surface area (Å²) >= 11 is 8.49. The number of nitrogens with one attached hydrogen (secondary N) is 1. The van der Waals surface area contributed by atoms with Crippen LogP contribution in [-0.4, -0.2) is 15.5 Å². The number of thiophene rings is 2. The van der Waals surface area contributed by atoms with Crippen molar-refractivity contribution in [2.24, 2.45) is 0 Å². The minimum absolute atomic E-state index is 0.314. The van der Waals surface area contributed by atoms with Gasteiger partial charge in [0.15, 0.2) is 0 Å². The summed E-state index contributed by atoms with van der Waals surface area (Å²) in [5, 5.41) is 0. The third-order valence-electron chi connectivity index (χ3n) is 1.93. The van der Waals surface area contributed by atoms with Crippen molar-refractivity contribution in [3.8, 4) is 9.75 Å². The summed E-state index contributed by atoms with van der Waals surface area (Å²) < 4.78 is 26.4. The maximum Gasteiger partial charge on any atom is 0.249 e. The van der Waals surface area contributed by atoms with Crippen LogP contribution in [0.3, 0.4) is 0 Å². The molecule has 0 aliphatic heterocycles. The molecule has 2 rings (SSSR count). The van der Waals surface area contributed by atoms with Crippen molar-refractivity contribution in [1.82, 2.24) is 4.72 Å². The van der Waals surface area contributed by atoms with Gasteiger partial charge in [-0.2, -0.15) is 0 Å². The molecule has 2 aromatic rings. The zero-order valence-electron chi connectivity index (χ0n) is 8.23. The first-order valence-corrected chi connectivity index (χ1v) is 7.81. The number of hydrogen-bond donors (Lipinski definition) is 1. The number of rotatable bonds is 3. The smallest absolute Gasteiger partial charge is 0.214 e. The Hall–Kier alpha value is -0.400. The predicted octanol–water partition coefficient (Wildman–Crippen LogP) is 3.04. The van der Waals surface area contributed by atoms with Crippen LogP contribution in [0.25, 0.3) is 9.75 Å². The molecule has 7 heteroatoms. The van der Waals surface area contributed by atoms with Gasteiger partial charge in [-0.25, -0.2) is 13.1 Å². The molecule has 0 fully saturated rings. The fraction of sp³-hybridized carbons (Fsp3) is 0.111. The third kappa shape index (κ3) is 2.31. The average molecular weight is 294 g/mol. The first-order valence-electron chi connectivity index (χ1n) is 4.32. The molecule has 2 heterocycles. The summed E-state index contributed by atoms with van der Waals surface area (Å²) in [7, 11) is -1.94. The van der Waals surface area contributed by atoms with E-state index in [1.807, 2.05) is 6.07 Å². The van der Waals surface area contributed by atoms with E-state index in [0.717, 1.165) is 9.75 Å². The average Bonchev–Trinajstić information content (AvgIpc) is 2.85. The zero-order chi connectivity index (χ0) is 11.8. The molecule has 0 amide bonds. The van der Waals surface area contributed by atoms with E-state index in [-0.39, 0.29) is 0 Å². The maximum atomic E-state index is 11.5. The Morgan fingerprint density at radius 1 is 1.12 bits per heavy atom. The van der Waals surface area contributed by atoms with Crippen molar-refractivity contribution in [3.05, 3.63) is 28.6 Å². The highest BCUT2D eigenvalue weighted by atomic mass is 35.5. The first-order chi connectivity index (χ1) is 7.53. The highest BCUT2D eigenvalue weighted by Gasteiger charge is 2.15. The predicted molar refractivity (Wildman–Crippen MR) is 68.9 cm³/mol. The van der Waals surface area contributed by atoms with Gasteiger partial charge in [0.2, 0.25) is 10.0 Å². The Morgan fingerprint density at radius 2 is 1.75 bits per heavy atom. The normalized spacial score (nSPS) is 11.9. The SMILES string of the molecule is CNS(=O)(=O)c1ccc(-c2ccc(Cl)s2)s1. The van der Waals surface area contributed by atoms with Crippen molar-refractivity contribution in [2.45, 2.75) is 4.21 Å². The van der Waals surface area contributed by atoms with Gasteiger partial charge in [0.1, 0.15) is 4.21 Å². The number of halogens is 1. The molecule has 86 valence electrons. The topological polar surface area (TPSA) is 46.2 Å². The summed E-state index contributed by atoms with van der Waals surface area (Å²) in [6.07, 6.45) is 0. The van der Waals surface area contributed by atoms with Gasteiger partial charge in [0.05, 0.1) is 4.34 Å². The molecule has 0 aliphatic carbocycles. The van der Waals surface area contributed by atoms with E-state index in [1.165, 1.54) is 29.7 Å². The minimum atomic E-state index is -3.34. The van der Waals surface area contributed by atoms with Crippen LogP contribution >= 0.6 is 34.3 Å². The third-order valence-corrected chi connectivity index (χ3v) is 6.35. The van der Waals surface area contributed by atoms with Crippen molar-refractivity contribution < 1.29 is 8.42 Å². The molecular formula is C9H8ClNO2S3. The molecule has 0 spiro atoms. The summed E-state index contributed by atoms with van der Waals surface area (Å²) in [6, 6.07) is 7.07. The summed E-state index contributed by atoms with van der Waals surface area (Å²) in [5.74, 6) is 0. The standard InChI is InChI=1S/C9H8ClNO2S3/c1-11-16(12,13)9-5-3-7(15-9)6-2-4-8(10)14-6/h2-5,11H,1H3. The molecule has 0 atom stereocenters. The van der Waals surface area contributed by atoms with Gasteiger partial charge in [-0.05, 0) is 31.3 Å². The Morgan fingerprint density at radius 3 is 2.31 bits per heavy atom. The Balaban J connectivity index is 2.41. The summed E-state index contributed by atoms with van der Waals surface area (Å²) in [5.41, 5.74) is 0. The van der Waals surface area contributed by atoms with Gasteiger partial charge in [0, 0.05) is 9.75 Å². The molecule has 0 bridgehead atoms. The van der Waals surface area contributed by atoms with E-state index >= 15 is 0 Å². The molecule has 0 saturated heterocycles. The fourth-order valence-corrected chi connectivity index (χ4v) is 4.42. The van der Waals surface area contributed by atoms with Crippen molar-refractivity contribution in [3.63, 3.8) is 0 Å². The first kappa shape index (κ1) is 12.1. The minimum Gasteiger partial charge on any atom is -0.214 e. The maximum absolute atomic E-state index is 11.5. The van der Waals surface area contributed by atoms with Gasteiger partial charge < -0.3 is 0 Å². The molecule has 0 saturated carbocycles. The van der Waals surface area contributed by atoms with E-state index in [9.17, 15) is 8.42 Å². The van der Waals surface area contributed by atoms with Crippen molar-refractivity contribution >= 4 is 44.3 Å².